The van der Waals surface area contributed by atoms with Gasteiger partial charge in [-0.3, -0.25) is 4.79 Å². The molecule has 2 aromatic rings. The van der Waals surface area contributed by atoms with Crippen LogP contribution in [0.5, 0.6) is 0 Å². The molecular weight excluding hydrogens is 168 g/mol. The van der Waals surface area contributed by atoms with E-state index in [9.17, 15) is 4.79 Å². The summed E-state index contributed by atoms with van der Waals surface area (Å²) < 4.78 is 5.18. The Labute approximate surface area is 74.2 Å². The number of carbonyl (C=O) groups is 1. The molecule has 0 fully saturated rings. The Morgan fingerprint density at radius 2 is 2.15 bits per heavy atom. The fourth-order valence-electron chi connectivity index (χ4n) is 1.01. The number of hydrogen-bond donors (Lipinski definition) is 0. The lowest BCUT2D eigenvalue weighted by atomic mass is 10.2. The van der Waals surface area contributed by atoms with Crippen LogP contribution in [0, 0.1) is 0 Å². The first-order valence-corrected chi connectivity index (χ1v) is 3.72. The van der Waals surface area contributed by atoms with Crippen LogP contribution in [0.2, 0.25) is 0 Å². The van der Waals surface area contributed by atoms with E-state index in [0.717, 1.165) is 5.56 Å². The van der Waals surface area contributed by atoms with E-state index in [4.69, 9.17) is 4.42 Å². The van der Waals surface area contributed by atoms with E-state index in [1.807, 2.05) is 0 Å². The second kappa shape index (κ2) is 3.18. The molecule has 0 radical (unpaired) electrons. The Hall–Kier alpha value is -1.97. The molecule has 0 unspecified atom stereocenters. The summed E-state index contributed by atoms with van der Waals surface area (Å²) in [4.78, 5) is 10.3. The second-order valence-electron chi connectivity index (χ2n) is 2.45. The summed E-state index contributed by atoms with van der Waals surface area (Å²) >= 11 is 0. The average Bonchev–Trinajstić information content (AvgIpc) is 2.67. The molecule has 0 aromatic carbocycles. The number of carbonyl (C=O) groups excluding carboxylic acids is 1. The molecule has 2 rings (SSSR count). The van der Waals surface area contributed by atoms with Crippen molar-refractivity contribution in [3.63, 3.8) is 0 Å². The lowest BCUT2D eigenvalue weighted by Gasteiger charge is -1.92. The van der Waals surface area contributed by atoms with Crippen molar-refractivity contribution in [1.29, 1.82) is 0 Å². The van der Waals surface area contributed by atoms with Gasteiger partial charge in [0.05, 0.1) is 12.4 Å². The molecule has 0 saturated carbocycles. The van der Waals surface area contributed by atoms with Gasteiger partial charge in [-0.15, -0.1) is 0 Å². The zero-order valence-electron chi connectivity index (χ0n) is 6.68. The summed E-state index contributed by atoms with van der Waals surface area (Å²) in [7, 11) is 0. The topological polar surface area (TPSA) is 56.0 Å². The smallest absolute Gasteiger partial charge is 0.185 e. The van der Waals surface area contributed by atoms with Gasteiger partial charge in [0.2, 0.25) is 0 Å². The maximum absolute atomic E-state index is 10.3. The SMILES string of the molecule is O=Cc1ccc(-c2ccnnc2)o1. The Balaban J connectivity index is 2.41. The zero-order valence-corrected chi connectivity index (χ0v) is 6.68. The minimum atomic E-state index is 0.312. The minimum absolute atomic E-state index is 0.312. The van der Waals surface area contributed by atoms with Crippen LogP contribution in [0.1, 0.15) is 10.6 Å². The van der Waals surface area contributed by atoms with Crippen molar-refractivity contribution in [3.8, 4) is 11.3 Å². The van der Waals surface area contributed by atoms with E-state index in [0.29, 0.717) is 17.8 Å². The highest BCUT2D eigenvalue weighted by Crippen LogP contribution is 2.19. The largest absolute Gasteiger partial charge is 0.453 e. The summed E-state index contributed by atoms with van der Waals surface area (Å²) in [5.74, 6) is 0.934. The molecule has 0 bridgehead atoms. The predicted octanol–water partition coefficient (Wildman–Crippen LogP) is 1.55. The molecule has 0 aliphatic carbocycles. The molecule has 13 heavy (non-hydrogen) atoms. The molecule has 2 heterocycles. The second-order valence-corrected chi connectivity index (χ2v) is 2.45. The quantitative estimate of drug-likeness (QED) is 0.648. The number of nitrogens with zero attached hydrogens (tertiary/aromatic N) is 2. The molecule has 0 amide bonds. The summed E-state index contributed by atoms with van der Waals surface area (Å²) in [6, 6.07) is 5.10. The summed E-state index contributed by atoms with van der Waals surface area (Å²) in [5.41, 5.74) is 0.808. The highest BCUT2D eigenvalue weighted by Gasteiger charge is 2.02. The average molecular weight is 174 g/mol. The predicted molar refractivity (Wildman–Crippen MR) is 45.1 cm³/mol. The van der Waals surface area contributed by atoms with Gasteiger partial charge >= 0.3 is 0 Å². The van der Waals surface area contributed by atoms with Crippen molar-refractivity contribution in [2.45, 2.75) is 0 Å². The molecule has 64 valence electrons. The van der Waals surface area contributed by atoms with Crippen molar-refractivity contribution in [3.05, 3.63) is 36.4 Å². The third-order valence-electron chi connectivity index (χ3n) is 1.61. The zero-order chi connectivity index (χ0) is 9.10. The van der Waals surface area contributed by atoms with Crippen LogP contribution in [0.3, 0.4) is 0 Å². The number of rotatable bonds is 2. The van der Waals surface area contributed by atoms with E-state index in [1.54, 1.807) is 30.6 Å². The molecule has 2 aromatic heterocycles. The molecule has 4 nitrogen and oxygen atoms in total. The van der Waals surface area contributed by atoms with Gasteiger partial charge < -0.3 is 4.42 Å². The number of aldehydes is 1. The summed E-state index contributed by atoms with van der Waals surface area (Å²) in [6.45, 7) is 0. The van der Waals surface area contributed by atoms with E-state index in [1.165, 1.54) is 0 Å². The van der Waals surface area contributed by atoms with Crippen molar-refractivity contribution >= 4 is 6.29 Å². The van der Waals surface area contributed by atoms with Crippen molar-refractivity contribution in [2.24, 2.45) is 0 Å². The summed E-state index contributed by atoms with van der Waals surface area (Å²) in [5, 5.41) is 7.33. The lowest BCUT2D eigenvalue weighted by Crippen LogP contribution is -1.79. The van der Waals surface area contributed by atoms with E-state index in [-0.39, 0.29) is 0 Å². The van der Waals surface area contributed by atoms with Crippen molar-refractivity contribution in [1.82, 2.24) is 10.2 Å². The molecular formula is C9H6N2O2. The monoisotopic (exact) mass is 174 g/mol. The lowest BCUT2D eigenvalue weighted by molar-refractivity contribution is 0.110. The van der Waals surface area contributed by atoms with Crippen LogP contribution in [0.15, 0.2) is 35.0 Å². The first-order chi connectivity index (χ1) is 6.40. The highest BCUT2D eigenvalue weighted by molar-refractivity contribution is 5.72. The number of furan rings is 1. The molecule has 0 spiro atoms. The van der Waals surface area contributed by atoms with Crippen molar-refractivity contribution in [2.75, 3.05) is 0 Å². The molecule has 0 saturated heterocycles. The van der Waals surface area contributed by atoms with Gasteiger partial charge in [-0.2, -0.15) is 10.2 Å². The maximum atomic E-state index is 10.3. The number of hydrogen-bond acceptors (Lipinski definition) is 4. The van der Waals surface area contributed by atoms with E-state index in [2.05, 4.69) is 10.2 Å². The minimum Gasteiger partial charge on any atom is -0.453 e. The molecule has 0 aliphatic rings. The van der Waals surface area contributed by atoms with Gasteiger partial charge in [-0.1, -0.05) is 0 Å². The number of aromatic nitrogens is 2. The molecule has 0 N–H and O–H groups in total. The van der Waals surface area contributed by atoms with Crippen molar-refractivity contribution < 1.29 is 9.21 Å². The molecule has 0 atom stereocenters. The van der Waals surface area contributed by atoms with Gasteiger partial charge in [0.15, 0.2) is 12.0 Å². The molecule has 4 heteroatoms. The highest BCUT2D eigenvalue weighted by atomic mass is 16.3. The van der Waals surface area contributed by atoms with E-state index < -0.39 is 0 Å². The first kappa shape index (κ1) is 7.67. The van der Waals surface area contributed by atoms with Crippen LogP contribution in [0.4, 0.5) is 0 Å². The third-order valence-corrected chi connectivity index (χ3v) is 1.61. The Bertz CT molecular complexity index is 409. The molecule has 0 aliphatic heterocycles. The third kappa shape index (κ3) is 1.46. The Kier molecular flexibility index (Phi) is 1.88. The van der Waals surface area contributed by atoms with Gasteiger partial charge in [0, 0.05) is 5.56 Å². The van der Waals surface area contributed by atoms with Gasteiger partial charge in [-0.05, 0) is 18.2 Å². The summed E-state index contributed by atoms with van der Waals surface area (Å²) in [6.07, 6.45) is 3.81. The van der Waals surface area contributed by atoms with Crippen LogP contribution in [-0.2, 0) is 0 Å². The standard InChI is InChI=1S/C9H6N2O2/c12-6-8-1-2-9(13-8)7-3-4-10-11-5-7/h1-6H. The fourth-order valence-corrected chi connectivity index (χ4v) is 1.01. The Morgan fingerprint density at radius 1 is 1.23 bits per heavy atom. The first-order valence-electron chi connectivity index (χ1n) is 3.72. The fraction of sp³-hybridized carbons (Fsp3) is 0. The van der Waals surface area contributed by atoms with Crippen LogP contribution < -0.4 is 0 Å². The van der Waals surface area contributed by atoms with Gasteiger partial charge in [0.1, 0.15) is 5.76 Å². The normalized spacial score (nSPS) is 9.85. The van der Waals surface area contributed by atoms with Crippen LogP contribution >= 0.6 is 0 Å². The van der Waals surface area contributed by atoms with E-state index >= 15 is 0 Å². The maximum Gasteiger partial charge on any atom is 0.185 e. The van der Waals surface area contributed by atoms with Crippen LogP contribution in [-0.4, -0.2) is 16.5 Å². The Morgan fingerprint density at radius 3 is 2.77 bits per heavy atom. The van der Waals surface area contributed by atoms with Gasteiger partial charge in [0.25, 0.3) is 0 Å². The van der Waals surface area contributed by atoms with Crippen LogP contribution in [0.25, 0.3) is 11.3 Å². The van der Waals surface area contributed by atoms with Gasteiger partial charge in [-0.25, -0.2) is 0 Å².